The summed E-state index contributed by atoms with van der Waals surface area (Å²) < 4.78 is 5.62. The van der Waals surface area contributed by atoms with Crippen molar-refractivity contribution in [1.82, 2.24) is 15.0 Å². The van der Waals surface area contributed by atoms with Gasteiger partial charge < -0.3 is 15.5 Å². The van der Waals surface area contributed by atoms with Gasteiger partial charge in [0.2, 0.25) is 5.91 Å². The molecule has 0 aliphatic carbocycles. The maximum Gasteiger partial charge on any atom is 0.217 e. The van der Waals surface area contributed by atoms with Crippen LogP contribution >= 0.6 is 0 Å². The molecule has 0 spiro atoms. The van der Waals surface area contributed by atoms with Crippen molar-refractivity contribution in [3.05, 3.63) is 42.2 Å². The number of nitrogens with zero attached hydrogens (tertiary/aromatic N) is 2. The van der Waals surface area contributed by atoms with E-state index in [-0.39, 0.29) is 12.3 Å². The molecule has 3 rings (SSSR count). The molecule has 2 heterocycles. The van der Waals surface area contributed by atoms with Gasteiger partial charge in [0.25, 0.3) is 0 Å². The Morgan fingerprint density at radius 2 is 1.96 bits per heavy atom. The number of H-pyrrole nitrogens is 1. The second-order valence-electron chi connectivity index (χ2n) is 5.57. The molecular formula is C18H20N4O2. The van der Waals surface area contributed by atoms with Gasteiger partial charge in [-0.15, -0.1) is 0 Å². The molecule has 1 aromatic carbocycles. The van der Waals surface area contributed by atoms with Crippen LogP contribution in [0.3, 0.4) is 0 Å². The zero-order valence-electron chi connectivity index (χ0n) is 13.6. The van der Waals surface area contributed by atoms with Crippen molar-refractivity contribution in [2.45, 2.75) is 26.2 Å². The summed E-state index contributed by atoms with van der Waals surface area (Å²) in [4.78, 5) is 23.2. The second-order valence-corrected chi connectivity index (χ2v) is 5.57. The average Bonchev–Trinajstić information content (AvgIpc) is 2.97. The van der Waals surface area contributed by atoms with Gasteiger partial charge in [-0.2, -0.15) is 0 Å². The number of benzene rings is 1. The number of hydrogen-bond donors (Lipinski definition) is 2. The van der Waals surface area contributed by atoms with Crippen molar-refractivity contribution in [2.75, 3.05) is 6.61 Å². The molecule has 124 valence electrons. The van der Waals surface area contributed by atoms with Gasteiger partial charge in [0.1, 0.15) is 11.3 Å². The summed E-state index contributed by atoms with van der Waals surface area (Å²) in [5, 5.41) is 0. The molecular weight excluding hydrogens is 304 g/mol. The highest BCUT2D eigenvalue weighted by molar-refractivity contribution is 5.86. The van der Waals surface area contributed by atoms with Crippen molar-refractivity contribution in [3.8, 4) is 17.0 Å². The van der Waals surface area contributed by atoms with Crippen LogP contribution in [-0.2, 0) is 11.2 Å². The Bertz CT molecular complexity index is 840. The molecule has 0 fully saturated rings. The Labute approximate surface area is 140 Å². The first-order valence-electron chi connectivity index (χ1n) is 8.02. The summed E-state index contributed by atoms with van der Waals surface area (Å²) in [6.07, 6.45) is 5.06. The van der Waals surface area contributed by atoms with E-state index in [1.807, 2.05) is 24.3 Å². The third kappa shape index (κ3) is 3.37. The number of carbonyl (C=O) groups excluding carboxylic acids is 1. The zero-order valence-corrected chi connectivity index (χ0v) is 13.6. The van der Waals surface area contributed by atoms with E-state index in [0.717, 1.165) is 34.5 Å². The van der Waals surface area contributed by atoms with Crippen molar-refractivity contribution in [3.63, 3.8) is 0 Å². The molecule has 6 nitrogen and oxygen atoms in total. The standard InChI is InChI=1S/C18H20N4O2/c1-2-11-24-13-5-3-12(4-6-13)16-14(7-8-15(19)23)17-18(22-16)21-10-9-20-17/h3-6,9-10H,2,7-8,11H2,1H3,(H2,19,23)(H,21,22). The van der Waals surface area contributed by atoms with Gasteiger partial charge in [-0.3, -0.25) is 9.78 Å². The van der Waals surface area contributed by atoms with E-state index in [1.54, 1.807) is 12.4 Å². The zero-order chi connectivity index (χ0) is 16.9. The molecule has 0 saturated heterocycles. The molecule has 24 heavy (non-hydrogen) atoms. The molecule has 2 aromatic heterocycles. The number of aryl methyl sites for hydroxylation is 1. The number of nitrogens with two attached hydrogens (primary N) is 1. The molecule has 0 saturated carbocycles. The summed E-state index contributed by atoms with van der Waals surface area (Å²) in [6, 6.07) is 7.86. The molecule has 1 amide bonds. The Morgan fingerprint density at radius 3 is 2.67 bits per heavy atom. The highest BCUT2D eigenvalue weighted by Gasteiger charge is 2.15. The van der Waals surface area contributed by atoms with Crippen LogP contribution in [0.4, 0.5) is 0 Å². The van der Waals surface area contributed by atoms with Crippen LogP contribution in [0.15, 0.2) is 36.7 Å². The number of carbonyl (C=O) groups is 1. The number of nitrogens with one attached hydrogen (secondary N) is 1. The highest BCUT2D eigenvalue weighted by Crippen LogP contribution is 2.30. The lowest BCUT2D eigenvalue weighted by atomic mass is 10.0. The van der Waals surface area contributed by atoms with E-state index in [4.69, 9.17) is 10.5 Å². The van der Waals surface area contributed by atoms with E-state index in [2.05, 4.69) is 21.9 Å². The van der Waals surface area contributed by atoms with Crippen LogP contribution in [-0.4, -0.2) is 27.5 Å². The van der Waals surface area contributed by atoms with Crippen LogP contribution in [0, 0.1) is 0 Å². The number of rotatable bonds is 7. The number of aromatic amines is 1. The summed E-state index contributed by atoms with van der Waals surface area (Å²) in [7, 11) is 0. The summed E-state index contributed by atoms with van der Waals surface area (Å²) in [5.74, 6) is 0.508. The average molecular weight is 324 g/mol. The van der Waals surface area contributed by atoms with E-state index in [1.165, 1.54) is 0 Å². The minimum atomic E-state index is -0.331. The van der Waals surface area contributed by atoms with Crippen LogP contribution in [0.5, 0.6) is 5.75 Å². The second kappa shape index (κ2) is 7.12. The first kappa shape index (κ1) is 16.0. The van der Waals surface area contributed by atoms with E-state index >= 15 is 0 Å². The van der Waals surface area contributed by atoms with Gasteiger partial charge in [-0.05, 0) is 42.7 Å². The van der Waals surface area contributed by atoms with Crippen LogP contribution in [0.1, 0.15) is 25.3 Å². The molecule has 0 radical (unpaired) electrons. The van der Waals surface area contributed by atoms with Crippen molar-refractivity contribution >= 4 is 17.1 Å². The van der Waals surface area contributed by atoms with Gasteiger partial charge in [-0.25, -0.2) is 4.98 Å². The number of amides is 1. The lowest BCUT2D eigenvalue weighted by molar-refractivity contribution is -0.117. The molecule has 0 bridgehead atoms. The normalized spacial score (nSPS) is 10.9. The maximum atomic E-state index is 11.2. The first-order valence-corrected chi connectivity index (χ1v) is 8.02. The third-order valence-corrected chi connectivity index (χ3v) is 3.77. The summed E-state index contributed by atoms with van der Waals surface area (Å²) in [6.45, 7) is 2.77. The smallest absolute Gasteiger partial charge is 0.217 e. The molecule has 0 aliphatic rings. The van der Waals surface area contributed by atoms with Crippen molar-refractivity contribution in [1.29, 1.82) is 0 Å². The van der Waals surface area contributed by atoms with Crippen molar-refractivity contribution < 1.29 is 9.53 Å². The molecule has 0 unspecified atom stereocenters. The monoisotopic (exact) mass is 324 g/mol. The van der Waals surface area contributed by atoms with E-state index < -0.39 is 0 Å². The van der Waals surface area contributed by atoms with Crippen LogP contribution in [0.25, 0.3) is 22.4 Å². The number of aromatic nitrogens is 3. The van der Waals surface area contributed by atoms with Crippen LogP contribution in [0.2, 0.25) is 0 Å². The Morgan fingerprint density at radius 1 is 1.21 bits per heavy atom. The van der Waals surface area contributed by atoms with Gasteiger partial charge in [0.15, 0.2) is 5.65 Å². The topological polar surface area (TPSA) is 93.9 Å². The van der Waals surface area contributed by atoms with E-state index in [9.17, 15) is 4.79 Å². The lowest BCUT2D eigenvalue weighted by Crippen LogP contribution is -2.11. The predicted octanol–water partition coefficient (Wildman–Crippen LogP) is 2.83. The Hall–Kier alpha value is -2.89. The fourth-order valence-corrected chi connectivity index (χ4v) is 2.64. The fraction of sp³-hybridized carbons (Fsp3) is 0.278. The quantitative estimate of drug-likeness (QED) is 0.699. The number of fused-ring (bicyclic) bond motifs is 1. The number of primary amides is 1. The Balaban J connectivity index is 1.98. The first-order chi connectivity index (χ1) is 11.7. The predicted molar refractivity (Wildman–Crippen MR) is 92.6 cm³/mol. The largest absolute Gasteiger partial charge is 0.494 e. The van der Waals surface area contributed by atoms with Gasteiger partial charge in [-0.1, -0.05) is 6.92 Å². The molecule has 3 N–H and O–H groups in total. The van der Waals surface area contributed by atoms with Gasteiger partial charge >= 0.3 is 0 Å². The fourth-order valence-electron chi connectivity index (χ4n) is 2.64. The summed E-state index contributed by atoms with van der Waals surface area (Å²) in [5.41, 5.74) is 9.66. The lowest BCUT2D eigenvalue weighted by Gasteiger charge is -2.07. The molecule has 3 aromatic rings. The van der Waals surface area contributed by atoms with Crippen LogP contribution < -0.4 is 10.5 Å². The number of hydrogen-bond acceptors (Lipinski definition) is 4. The minimum Gasteiger partial charge on any atom is -0.494 e. The highest BCUT2D eigenvalue weighted by atomic mass is 16.5. The van der Waals surface area contributed by atoms with Gasteiger partial charge in [0, 0.05) is 24.4 Å². The van der Waals surface area contributed by atoms with E-state index in [0.29, 0.717) is 18.7 Å². The SMILES string of the molecule is CCCOc1ccc(-c2[nH]c3nccnc3c2CCC(N)=O)cc1. The number of ether oxygens (including phenoxy) is 1. The Kier molecular flexibility index (Phi) is 4.74. The van der Waals surface area contributed by atoms with Gasteiger partial charge in [0.05, 0.1) is 12.3 Å². The minimum absolute atomic E-state index is 0.272. The maximum absolute atomic E-state index is 11.2. The summed E-state index contributed by atoms with van der Waals surface area (Å²) >= 11 is 0. The molecule has 6 heteroatoms. The third-order valence-electron chi connectivity index (χ3n) is 3.77. The molecule has 0 aliphatic heterocycles. The van der Waals surface area contributed by atoms with Crippen molar-refractivity contribution in [2.24, 2.45) is 5.73 Å². The molecule has 0 atom stereocenters.